The van der Waals surface area contributed by atoms with Gasteiger partial charge in [-0.2, -0.15) is 0 Å². The van der Waals surface area contributed by atoms with Gasteiger partial charge >= 0.3 is 0 Å². The maximum atomic E-state index is 12.1. The third kappa shape index (κ3) is 4.96. The number of likely N-dealkylation sites (tertiary alicyclic amines) is 1. The van der Waals surface area contributed by atoms with E-state index < -0.39 is 0 Å². The highest BCUT2D eigenvalue weighted by molar-refractivity contribution is 5.91. The Bertz CT molecular complexity index is 708. The molecule has 1 fully saturated rings. The zero-order valence-corrected chi connectivity index (χ0v) is 15.7. The van der Waals surface area contributed by atoms with Gasteiger partial charge in [-0.15, -0.1) is 0 Å². The molecular formula is C21H28N2O3. The number of nitrogens with zero attached hydrogens (tertiary/aromatic N) is 1. The summed E-state index contributed by atoms with van der Waals surface area (Å²) in [6.07, 6.45) is 3.94. The first-order valence-corrected chi connectivity index (χ1v) is 9.33. The van der Waals surface area contributed by atoms with E-state index in [2.05, 4.69) is 41.4 Å². The highest BCUT2D eigenvalue weighted by atomic mass is 16.5. The van der Waals surface area contributed by atoms with Gasteiger partial charge in [0.15, 0.2) is 5.76 Å². The first-order valence-electron chi connectivity index (χ1n) is 9.33. The van der Waals surface area contributed by atoms with Crippen molar-refractivity contribution < 1.29 is 13.9 Å². The summed E-state index contributed by atoms with van der Waals surface area (Å²) in [5.41, 5.74) is 2.40. The molecule has 1 N–H and O–H groups in total. The molecule has 0 spiro atoms. The second kappa shape index (κ2) is 9.01. The summed E-state index contributed by atoms with van der Waals surface area (Å²) in [5, 5.41) is 2.89. The second-order valence-electron chi connectivity index (χ2n) is 7.01. The molecule has 1 atom stereocenters. The fourth-order valence-electron chi connectivity index (χ4n) is 3.38. The summed E-state index contributed by atoms with van der Waals surface area (Å²) in [6.45, 7) is 5.36. The molecule has 1 aromatic heterocycles. The van der Waals surface area contributed by atoms with Gasteiger partial charge < -0.3 is 14.5 Å². The number of benzene rings is 1. The minimum atomic E-state index is -0.210. The highest BCUT2D eigenvalue weighted by Gasteiger charge is 2.18. The highest BCUT2D eigenvalue weighted by Crippen LogP contribution is 2.19. The van der Waals surface area contributed by atoms with Crippen LogP contribution in [-0.2, 0) is 24.4 Å². The fraction of sp³-hybridized carbons (Fsp3) is 0.476. The average Bonchev–Trinajstić information content (AvgIpc) is 3.12. The number of amides is 1. The van der Waals surface area contributed by atoms with Crippen LogP contribution >= 0.6 is 0 Å². The zero-order valence-electron chi connectivity index (χ0n) is 15.7. The van der Waals surface area contributed by atoms with Crippen molar-refractivity contribution in [3.63, 3.8) is 0 Å². The lowest BCUT2D eigenvalue weighted by atomic mass is 10.0. The van der Waals surface area contributed by atoms with Gasteiger partial charge in [0, 0.05) is 26.2 Å². The molecule has 1 amide bonds. The van der Waals surface area contributed by atoms with E-state index in [1.807, 2.05) is 0 Å². The first kappa shape index (κ1) is 18.7. The van der Waals surface area contributed by atoms with Gasteiger partial charge in [-0.1, -0.05) is 30.7 Å². The lowest BCUT2D eigenvalue weighted by Gasteiger charge is -2.33. The van der Waals surface area contributed by atoms with Gasteiger partial charge in [-0.3, -0.25) is 9.69 Å². The van der Waals surface area contributed by atoms with Crippen LogP contribution in [0.15, 0.2) is 40.8 Å². The summed E-state index contributed by atoms with van der Waals surface area (Å²) in [6, 6.07) is 12.6. The Morgan fingerprint density at radius 2 is 1.96 bits per heavy atom. The quantitative estimate of drug-likeness (QED) is 0.821. The van der Waals surface area contributed by atoms with Crippen LogP contribution in [0.5, 0.6) is 0 Å². The van der Waals surface area contributed by atoms with Crippen molar-refractivity contribution >= 4 is 5.91 Å². The molecule has 0 radical (unpaired) electrons. The van der Waals surface area contributed by atoms with Gasteiger partial charge in [0.25, 0.3) is 5.91 Å². The van der Waals surface area contributed by atoms with Crippen LogP contribution in [0.1, 0.15) is 53.6 Å². The number of carbonyl (C=O) groups is 1. The van der Waals surface area contributed by atoms with Crippen molar-refractivity contribution in [3.8, 4) is 0 Å². The first-order chi connectivity index (χ1) is 12.7. The maximum Gasteiger partial charge on any atom is 0.287 e. The van der Waals surface area contributed by atoms with E-state index in [9.17, 15) is 4.79 Å². The minimum Gasteiger partial charge on any atom is -0.453 e. The topological polar surface area (TPSA) is 54.7 Å². The van der Waals surface area contributed by atoms with Crippen molar-refractivity contribution in [3.05, 3.63) is 59.0 Å². The third-order valence-corrected chi connectivity index (χ3v) is 4.97. The normalized spacial score (nSPS) is 18.0. The fourth-order valence-corrected chi connectivity index (χ4v) is 3.38. The SMILES string of the molecule is COCc1ccc(C(=O)NCc2ccc(CN3CCCC[C@@H]3C)cc2)o1. The smallest absolute Gasteiger partial charge is 0.287 e. The van der Waals surface area contributed by atoms with E-state index >= 15 is 0 Å². The molecule has 0 aliphatic carbocycles. The van der Waals surface area contributed by atoms with E-state index in [-0.39, 0.29) is 5.91 Å². The van der Waals surface area contributed by atoms with Gasteiger partial charge in [0.2, 0.25) is 0 Å². The molecule has 1 aromatic carbocycles. The molecule has 2 heterocycles. The molecule has 0 unspecified atom stereocenters. The van der Waals surface area contributed by atoms with Gasteiger partial charge in [-0.25, -0.2) is 0 Å². The third-order valence-electron chi connectivity index (χ3n) is 4.97. The number of carbonyl (C=O) groups excluding carboxylic acids is 1. The standard InChI is InChI=1S/C21H28N2O3/c1-16-5-3-4-12-23(16)14-18-8-6-17(7-9-18)13-22-21(24)20-11-10-19(26-20)15-25-2/h6-11,16H,3-5,12-15H2,1-2H3,(H,22,24)/t16-/m0/s1. The Morgan fingerprint density at radius 1 is 1.19 bits per heavy atom. The Labute approximate surface area is 155 Å². The number of rotatable bonds is 7. The van der Waals surface area contributed by atoms with Crippen LogP contribution in [0.25, 0.3) is 0 Å². The van der Waals surface area contributed by atoms with Crippen molar-refractivity contribution in [2.45, 2.75) is 51.9 Å². The van der Waals surface area contributed by atoms with Crippen molar-refractivity contribution in [1.29, 1.82) is 0 Å². The van der Waals surface area contributed by atoms with E-state index in [1.54, 1.807) is 19.2 Å². The van der Waals surface area contributed by atoms with Gasteiger partial charge in [0.1, 0.15) is 12.4 Å². The minimum absolute atomic E-state index is 0.210. The van der Waals surface area contributed by atoms with Gasteiger partial charge in [-0.05, 0) is 49.6 Å². The van der Waals surface area contributed by atoms with E-state index in [0.29, 0.717) is 30.7 Å². The largest absolute Gasteiger partial charge is 0.453 e. The van der Waals surface area contributed by atoms with E-state index in [0.717, 1.165) is 12.1 Å². The number of ether oxygens (including phenoxy) is 1. The van der Waals surface area contributed by atoms with Crippen LogP contribution in [0.3, 0.4) is 0 Å². The summed E-state index contributed by atoms with van der Waals surface area (Å²) < 4.78 is 10.4. The van der Waals surface area contributed by atoms with Gasteiger partial charge in [0.05, 0.1) is 0 Å². The van der Waals surface area contributed by atoms with Crippen LogP contribution in [-0.4, -0.2) is 30.5 Å². The van der Waals surface area contributed by atoms with E-state index in [1.165, 1.54) is 31.4 Å². The van der Waals surface area contributed by atoms with Crippen LogP contribution in [0.2, 0.25) is 0 Å². The van der Waals surface area contributed by atoms with Crippen LogP contribution in [0, 0.1) is 0 Å². The summed E-state index contributed by atoms with van der Waals surface area (Å²) in [7, 11) is 1.60. The lowest BCUT2D eigenvalue weighted by molar-refractivity contribution is 0.0914. The van der Waals surface area contributed by atoms with E-state index in [4.69, 9.17) is 9.15 Å². The zero-order chi connectivity index (χ0) is 18.4. The molecule has 0 saturated carbocycles. The predicted molar refractivity (Wildman–Crippen MR) is 101 cm³/mol. The number of furan rings is 1. The maximum absolute atomic E-state index is 12.1. The summed E-state index contributed by atoms with van der Waals surface area (Å²) in [4.78, 5) is 14.7. The molecule has 5 heteroatoms. The Kier molecular flexibility index (Phi) is 6.47. The average molecular weight is 356 g/mol. The predicted octanol–water partition coefficient (Wildman–Crippen LogP) is 3.73. The van der Waals surface area contributed by atoms with Crippen LogP contribution in [0.4, 0.5) is 0 Å². The van der Waals surface area contributed by atoms with Crippen molar-refractivity contribution in [1.82, 2.24) is 10.2 Å². The monoisotopic (exact) mass is 356 g/mol. The molecular weight excluding hydrogens is 328 g/mol. The Balaban J connectivity index is 1.49. The number of methoxy groups -OCH3 is 1. The molecule has 1 aliphatic heterocycles. The van der Waals surface area contributed by atoms with Crippen molar-refractivity contribution in [2.24, 2.45) is 0 Å². The number of hydrogen-bond acceptors (Lipinski definition) is 4. The Hall–Kier alpha value is -2.11. The number of nitrogens with one attached hydrogen (secondary N) is 1. The molecule has 140 valence electrons. The molecule has 26 heavy (non-hydrogen) atoms. The molecule has 1 aliphatic rings. The molecule has 1 saturated heterocycles. The molecule has 0 bridgehead atoms. The lowest BCUT2D eigenvalue weighted by Crippen LogP contribution is -2.36. The summed E-state index contributed by atoms with van der Waals surface area (Å²) >= 11 is 0. The Morgan fingerprint density at radius 3 is 2.69 bits per heavy atom. The number of hydrogen-bond donors (Lipinski definition) is 1. The van der Waals surface area contributed by atoms with Crippen LogP contribution < -0.4 is 5.32 Å². The molecule has 2 aromatic rings. The molecule has 3 rings (SSSR count). The molecule has 5 nitrogen and oxygen atoms in total. The number of piperidine rings is 1. The van der Waals surface area contributed by atoms with Crippen molar-refractivity contribution in [2.75, 3.05) is 13.7 Å². The summed E-state index contributed by atoms with van der Waals surface area (Å²) in [5.74, 6) is 0.750. The second-order valence-corrected chi connectivity index (χ2v) is 7.01.